The van der Waals surface area contributed by atoms with Gasteiger partial charge in [0.2, 0.25) is 0 Å². The first-order valence-corrected chi connectivity index (χ1v) is 13.4. The van der Waals surface area contributed by atoms with Crippen molar-refractivity contribution in [2.45, 2.75) is 52.4 Å². The van der Waals surface area contributed by atoms with Crippen molar-refractivity contribution in [2.24, 2.45) is 5.41 Å². The number of rotatable bonds is 2. The van der Waals surface area contributed by atoms with Gasteiger partial charge in [-0.15, -0.1) is 0 Å². The Hall–Kier alpha value is -3.75. The van der Waals surface area contributed by atoms with Crippen molar-refractivity contribution in [3.05, 3.63) is 71.1 Å². The van der Waals surface area contributed by atoms with Crippen LogP contribution in [0, 0.1) is 19.3 Å². The average Bonchev–Trinajstić information content (AvgIpc) is 3.28. The van der Waals surface area contributed by atoms with Crippen LogP contribution in [0.5, 0.6) is 5.75 Å². The molecule has 1 saturated heterocycles. The Balaban J connectivity index is 1.37. The van der Waals surface area contributed by atoms with Gasteiger partial charge in [0.05, 0.1) is 18.4 Å². The van der Waals surface area contributed by atoms with Crippen LogP contribution in [-0.4, -0.2) is 69.5 Å². The zero-order valence-electron chi connectivity index (χ0n) is 22.2. The van der Waals surface area contributed by atoms with E-state index < -0.39 is 0 Å². The number of nitrogens with zero attached hydrogens (tertiary/aromatic N) is 5. The Morgan fingerprint density at radius 3 is 2.50 bits per heavy atom. The van der Waals surface area contributed by atoms with Crippen LogP contribution in [0.15, 0.2) is 47.4 Å². The first-order chi connectivity index (χ1) is 18.5. The maximum atomic E-state index is 13.6. The van der Waals surface area contributed by atoms with Crippen molar-refractivity contribution in [1.82, 2.24) is 24.9 Å². The highest BCUT2D eigenvalue weighted by Gasteiger charge is 2.39. The molecule has 0 atom stereocenters. The number of aromatic nitrogens is 3. The lowest BCUT2D eigenvalue weighted by Gasteiger charge is -2.44. The molecule has 0 saturated carbocycles. The van der Waals surface area contributed by atoms with E-state index in [1.807, 2.05) is 28.0 Å². The maximum Gasteiger partial charge on any atom is 0.274 e. The number of para-hydroxylation sites is 1. The molecule has 2 aliphatic rings. The Labute approximate surface area is 223 Å². The number of carbonyl (C=O) groups is 2. The van der Waals surface area contributed by atoms with E-state index in [1.165, 1.54) is 11.8 Å². The van der Waals surface area contributed by atoms with Gasteiger partial charge in [0.15, 0.2) is 0 Å². The average molecular weight is 518 g/mol. The molecule has 0 radical (unpaired) electrons. The van der Waals surface area contributed by atoms with E-state index in [1.54, 1.807) is 26.2 Å². The van der Waals surface area contributed by atoms with Crippen LogP contribution < -0.4 is 4.74 Å². The summed E-state index contributed by atoms with van der Waals surface area (Å²) in [5.41, 5.74) is 2.64. The second-order valence-corrected chi connectivity index (χ2v) is 10.5. The first kappa shape index (κ1) is 25.9. The first-order valence-electron chi connectivity index (χ1n) is 13.4. The number of hydrogen-bond donors (Lipinski definition) is 0. The van der Waals surface area contributed by atoms with Crippen LogP contribution in [-0.2, 0) is 6.42 Å². The van der Waals surface area contributed by atoms with E-state index in [2.05, 4.69) is 21.2 Å². The summed E-state index contributed by atoms with van der Waals surface area (Å²) in [7, 11) is 0. The molecule has 4 heterocycles. The smallest absolute Gasteiger partial charge is 0.274 e. The molecule has 2 aliphatic heterocycles. The minimum Gasteiger partial charge on any atom is -0.491 e. The summed E-state index contributed by atoms with van der Waals surface area (Å²) in [6, 6.07) is 8.16. The number of hydrogen-bond acceptors (Lipinski definition) is 7. The molecule has 3 aromatic rings. The lowest BCUT2D eigenvalue weighted by Crippen LogP contribution is -2.50. The van der Waals surface area contributed by atoms with Crippen molar-refractivity contribution in [1.29, 1.82) is 0 Å². The molecule has 2 aromatic heterocycles. The largest absolute Gasteiger partial charge is 0.491 e. The summed E-state index contributed by atoms with van der Waals surface area (Å²) in [5.74, 6) is 1.28. The van der Waals surface area contributed by atoms with Crippen molar-refractivity contribution < 1.29 is 18.8 Å². The summed E-state index contributed by atoms with van der Waals surface area (Å²) >= 11 is 0. The van der Waals surface area contributed by atoms with Crippen LogP contribution in [0.2, 0.25) is 0 Å². The third-order valence-electron chi connectivity index (χ3n) is 7.95. The van der Waals surface area contributed by atoms with Crippen molar-refractivity contribution in [2.75, 3.05) is 32.8 Å². The Bertz CT molecular complexity index is 1250. The molecule has 5 rings (SSSR count). The molecular weight excluding hydrogens is 482 g/mol. The maximum absolute atomic E-state index is 13.6. The third-order valence-corrected chi connectivity index (χ3v) is 7.95. The van der Waals surface area contributed by atoms with Crippen molar-refractivity contribution >= 4 is 11.8 Å². The van der Waals surface area contributed by atoms with Gasteiger partial charge < -0.3 is 19.1 Å². The zero-order valence-corrected chi connectivity index (χ0v) is 22.2. The van der Waals surface area contributed by atoms with Gasteiger partial charge in [-0.2, -0.15) is 0 Å². The summed E-state index contributed by atoms with van der Waals surface area (Å²) in [4.78, 5) is 39.0. The number of benzene rings is 1. The van der Waals surface area contributed by atoms with Crippen LogP contribution in [0.3, 0.4) is 0 Å². The summed E-state index contributed by atoms with van der Waals surface area (Å²) in [5, 5.41) is 3.96. The monoisotopic (exact) mass is 517 g/mol. The van der Waals surface area contributed by atoms with E-state index in [0.29, 0.717) is 55.5 Å². The summed E-state index contributed by atoms with van der Waals surface area (Å²) < 4.78 is 11.4. The Kier molecular flexibility index (Phi) is 7.72. The standard InChI is InChI=1S/C29H35N5O4/c1-21-26(22(2)38-32-21)28(36)33-15-11-29(12-16-33)10-6-5-8-23-7-3-4-9-25(23)37-18-17-34(20-29)27(35)24-19-30-13-14-31-24/h3-4,7,9,13-14,19H,5-6,8,10-12,15-18,20H2,1-2H3. The number of ether oxygens (including phenoxy) is 1. The van der Waals surface area contributed by atoms with Gasteiger partial charge in [0.25, 0.3) is 11.8 Å². The molecule has 9 nitrogen and oxygen atoms in total. The van der Waals surface area contributed by atoms with Gasteiger partial charge in [-0.3, -0.25) is 14.6 Å². The molecular formula is C29H35N5O4. The molecule has 1 fully saturated rings. The molecule has 0 N–H and O–H groups in total. The fourth-order valence-corrected chi connectivity index (χ4v) is 5.78. The van der Waals surface area contributed by atoms with Crippen LogP contribution in [0.4, 0.5) is 0 Å². The normalized spacial score (nSPS) is 18.2. The molecule has 38 heavy (non-hydrogen) atoms. The van der Waals surface area contributed by atoms with Crippen molar-refractivity contribution in [3.8, 4) is 5.75 Å². The van der Waals surface area contributed by atoms with Crippen LogP contribution in [0.1, 0.15) is 70.0 Å². The minimum absolute atomic E-state index is 0.0262. The van der Waals surface area contributed by atoms with Gasteiger partial charge >= 0.3 is 0 Å². The lowest BCUT2D eigenvalue weighted by atomic mass is 9.73. The Morgan fingerprint density at radius 1 is 0.947 bits per heavy atom. The second-order valence-electron chi connectivity index (χ2n) is 10.5. The fourth-order valence-electron chi connectivity index (χ4n) is 5.78. The second kappa shape index (κ2) is 11.3. The predicted molar refractivity (Wildman–Crippen MR) is 141 cm³/mol. The number of amides is 2. The molecule has 2 amide bonds. The number of aryl methyl sites for hydroxylation is 3. The highest BCUT2D eigenvalue weighted by Crippen LogP contribution is 2.39. The summed E-state index contributed by atoms with van der Waals surface area (Å²) in [6.45, 7) is 6.30. The highest BCUT2D eigenvalue weighted by atomic mass is 16.5. The molecule has 0 bridgehead atoms. The summed E-state index contributed by atoms with van der Waals surface area (Å²) in [6.07, 6.45) is 10.3. The van der Waals surface area contributed by atoms with E-state index in [9.17, 15) is 9.59 Å². The van der Waals surface area contributed by atoms with Crippen LogP contribution in [0.25, 0.3) is 0 Å². The van der Waals surface area contributed by atoms with E-state index in [-0.39, 0.29) is 17.2 Å². The molecule has 0 unspecified atom stereocenters. The number of piperidine rings is 1. The molecule has 1 aromatic carbocycles. The molecule has 9 heteroatoms. The molecule has 1 spiro atoms. The number of fused-ring (bicyclic) bond motifs is 1. The Morgan fingerprint density at radius 2 is 1.76 bits per heavy atom. The van der Waals surface area contributed by atoms with E-state index in [4.69, 9.17) is 9.26 Å². The fraction of sp³-hybridized carbons (Fsp3) is 0.483. The van der Waals surface area contributed by atoms with Gasteiger partial charge in [-0.1, -0.05) is 29.8 Å². The van der Waals surface area contributed by atoms with Crippen LogP contribution >= 0.6 is 0 Å². The third kappa shape index (κ3) is 5.56. The van der Waals surface area contributed by atoms with Gasteiger partial charge in [-0.25, -0.2) is 4.98 Å². The quantitative estimate of drug-likeness (QED) is 0.501. The SMILES string of the molecule is Cc1noc(C)c1C(=O)N1CCC2(CCCCc3ccccc3OCCN(C(=O)c3cnccn3)C2)CC1. The highest BCUT2D eigenvalue weighted by molar-refractivity contribution is 5.96. The number of likely N-dealkylation sites (tertiary alicyclic amines) is 1. The van der Waals surface area contributed by atoms with Gasteiger partial charge in [-0.05, 0) is 63.0 Å². The topological polar surface area (TPSA) is 102 Å². The van der Waals surface area contributed by atoms with Gasteiger partial charge in [0, 0.05) is 32.0 Å². The number of carbonyl (C=O) groups excluding carboxylic acids is 2. The zero-order chi connectivity index (χ0) is 26.5. The van der Waals surface area contributed by atoms with E-state index in [0.717, 1.165) is 44.3 Å². The van der Waals surface area contributed by atoms with Crippen molar-refractivity contribution in [3.63, 3.8) is 0 Å². The lowest BCUT2D eigenvalue weighted by molar-refractivity contribution is 0.0324. The predicted octanol–water partition coefficient (Wildman–Crippen LogP) is 4.25. The molecule has 200 valence electrons. The minimum atomic E-state index is -0.138. The van der Waals surface area contributed by atoms with E-state index >= 15 is 0 Å². The molecule has 0 aliphatic carbocycles. The van der Waals surface area contributed by atoms with Gasteiger partial charge in [0.1, 0.15) is 29.4 Å².